The molecule has 0 bridgehead atoms. The summed E-state index contributed by atoms with van der Waals surface area (Å²) in [5, 5.41) is 0.255. The van der Waals surface area contributed by atoms with Crippen molar-refractivity contribution in [3.63, 3.8) is 0 Å². The van der Waals surface area contributed by atoms with Crippen LogP contribution in [0.4, 0.5) is 0 Å². The van der Waals surface area contributed by atoms with E-state index in [2.05, 4.69) is 33.5 Å². The van der Waals surface area contributed by atoms with E-state index in [-0.39, 0.29) is 5.25 Å². The maximum atomic E-state index is 4.27. The standard InChI is InChI=1S/C7H8BrNS/c1-5(10)6-2-7(8)4-9-3-6/h2-5,10H,1H3. The average molecular weight is 218 g/mol. The van der Waals surface area contributed by atoms with Gasteiger partial charge in [-0.05, 0) is 34.5 Å². The van der Waals surface area contributed by atoms with Gasteiger partial charge in [-0.3, -0.25) is 4.98 Å². The summed E-state index contributed by atoms with van der Waals surface area (Å²) in [5.41, 5.74) is 1.14. The number of hydrogen-bond donors (Lipinski definition) is 1. The molecule has 1 aromatic rings. The molecule has 0 radical (unpaired) electrons. The molecule has 1 unspecified atom stereocenters. The molecule has 3 heteroatoms. The summed E-state index contributed by atoms with van der Waals surface area (Å²) < 4.78 is 1.01. The Morgan fingerprint density at radius 3 is 2.70 bits per heavy atom. The van der Waals surface area contributed by atoms with Crippen molar-refractivity contribution in [2.45, 2.75) is 12.2 Å². The van der Waals surface area contributed by atoms with E-state index in [0.29, 0.717) is 0 Å². The molecule has 0 fully saturated rings. The van der Waals surface area contributed by atoms with Crippen molar-refractivity contribution in [3.8, 4) is 0 Å². The molecular weight excluding hydrogens is 210 g/mol. The van der Waals surface area contributed by atoms with Gasteiger partial charge in [-0.15, -0.1) is 0 Å². The van der Waals surface area contributed by atoms with Crippen molar-refractivity contribution in [3.05, 3.63) is 28.5 Å². The van der Waals surface area contributed by atoms with E-state index in [1.165, 1.54) is 0 Å². The van der Waals surface area contributed by atoms with Gasteiger partial charge >= 0.3 is 0 Å². The minimum atomic E-state index is 0.255. The number of pyridine rings is 1. The zero-order valence-electron chi connectivity index (χ0n) is 5.58. The van der Waals surface area contributed by atoms with Gasteiger partial charge in [0.25, 0.3) is 0 Å². The molecule has 0 saturated heterocycles. The van der Waals surface area contributed by atoms with Gasteiger partial charge < -0.3 is 0 Å². The number of hydrogen-bond acceptors (Lipinski definition) is 2. The van der Waals surface area contributed by atoms with Crippen LogP contribution in [0.2, 0.25) is 0 Å². The smallest absolute Gasteiger partial charge is 0.0410 e. The van der Waals surface area contributed by atoms with E-state index in [0.717, 1.165) is 10.0 Å². The molecule has 0 aromatic carbocycles. The summed E-state index contributed by atoms with van der Waals surface area (Å²) in [6.45, 7) is 2.02. The lowest BCUT2D eigenvalue weighted by atomic mass is 10.2. The van der Waals surface area contributed by atoms with Crippen molar-refractivity contribution in [2.24, 2.45) is 0 Å². The van der Waals surface area contributed by atoms with E-state index < -0.39 is 0 Å². The SMILES string of the molecule is CC(S)c1cncc(Br)c1. The van der Waals surface area contributed by atoms with Crippen molar-refractivity contribution in [1.82, 2.24) is 4.98 Å². The maximum Gasteiger partial charge on any atom is 0.0410 e. The fourth-order valence-corrected chi connectivity index (χ4v) is 1.18. The first-order valence-electron chi connectivity index (χ1n) is 2.98. The van der Waals surface area contributed by atoms with E-state index in [1.54, 1.807) is 6.20 Å². The van der Waals surface area contributed by atoms with Crippen LogP contribution in [0.5, 0.6) is 0 Å². The second kappa shape index (κ2) is 3.39. The minimum Gasteiger partial charge on any atom is -0.263 e. The summed E-state index contributed by atoms with van der Waals surface area (Å²) in [7, 11) is 0. The summed E-state index contributed by atoms with van der Waals surface area (Å²) in [5.74, 6) is 0. The highest BCUT2D eigenvalue weighted by atomic mass is 79.9. The lowest BCUT2D eigenvalue weighted by molar-refractivity contribution is 1.07. The van der Waals surface area contributed by atoms with Crippen LogP contribution in [0.3, 0.4) is 0 Å². The zero-order valence-corrected chi connectivity index (χ0v) is 8.06. The summed E-state index contributed by atoms with van der Waals surface area (Å²) in [6.07, 6.45) is 3.59. The molecule has 0 saturated carbocycles. The third kappa shape index (κ3) is 1.99. The quantitative estimate of drug-likeness (QED) is 0.715. The highest BCUT2D eigenvalue weighted by molar-refractivity contribution is 9.10. The molecular formula is C7H8BrNS. The second-order valence-electron chi connectivity index (χ2n) is 2.11. The number of aromatic nitrogens is 1. The van der Waals surface area contributed by atoms with E-state index >= 15 is 0 Å². The van der Waals surface area contributed by atoms with Crippen LogP contribution in [-0.2, 0) is 0 Å². The topological polar surface area (TPSA) is 12.9 Å². The Balaban J connectivity index is 2.96. The van der Waals surface area contributed by atoms with Gasteiger partial charge in [-0.1, -0.05) is 0 Å². The first-order valence-corrected chi connectivity index (χ1v) is 4.29. The number of rotatable bonds is 1. The fourth-order valence-electron chi connectivity index (χ4n) is 0.657. The van der Waals surface area contributed by atoms with E-state index in [4.69, 9.17) is 0 Å². The third-order valence-corrected chi connectivity index (χ3v) is 1.94. The molecule has 1 heterocycles. The fraction of sp³-hybridized carbons (Fsp3) is 0.286. The highest BCUT2D eigenvalue weighted by Crippen LogP contribution is 2.20. The summed E-state index contributed by atoms with van der Waals surface area (Å²) >= 11 is 7.61. The van der Waals surface area contributed by atoms with Crippen LogP contribution in [0.25, 0.3) is 0 Å². The van der Waals surface area contributed by atoms with Crippen LogP contribution in [0.1, 0.15) is 17.7 Å². The first-order chi connectivity index (χ1) is 4.70. The van der Waals surface area contributed by atoms with Crippen LogP contribution in [0.15, 0.2) is 22.9 Å². The van der Waals surface area contributed by atoms with Crippen LogP contribution in [-0.4, -0.2) is 4.98 Å². The first kappa shape index (κ1) is 8.08. The number of halogens is 1. The zero-order chi connectivity index (χ0) is 7.56. The highest BCUT2D eigenvalue weighted by Gasteiger charge is 1.98. The monoisotopic (exact) mass is 217 g/mol. The van der Waals surface area contributed by atoms with Crippen molar-refractivity contribution < 1.29 is 0 Å². The predicted octanol–water partition coefficient (Wildman–Crippen LogP) is 2.83. The molecule has 1 aromatic heterocycles. The Bertz CT molecular complexity index is 225. The van der Waals surface area contributed by atoms with Gasteiger partial charge in [-0.2, -0.15) is 12.6 Å². The van der Waals surface area contributed by atoms with Crippen molar-refractivity contribution in [2.75, 3.05) is 0 Å². The van der Waals surface area contributed by atoms with Gasteiger partial charge in [0.05, 0.1) is 0 Å². The lowest BCUT2D eigenvalue weighted by Gasteiger charge is -2.02. The van der Waals surface area contributed by atoms with Gasteiger partial charge in [0, 0.05) is 22.1 Å². The van der Waals surface area contributed by atoms with Crippen molar-refractivity contribution in [1.29, 1.82) is 0 Å². The molecule has 0 aliphatic heterocycles. The molecule has 0 aliphatic rings. The van der Waals surface area contributed by atoms with Gasteiger partial charge in [0.1, 0.15) is 0 Å². The predicted molar refractivity (Wildman–Crippen MR) is 49.3 cm³/mol. The third-order valence-electron chi connectivity index (χ3n) is 1.21. The van der Waals surface area contributed by atoms with Gasteiger partial charge in [-0.25, -0.2) is 0 Å². The molecule has 0 amide bonds. The summed E-state index contributed by atoms with van der Waals surface area (Å²) in [4.78, 5) is 4.01. The van der Waals surface area contributed by atoms with Crippen LogP contribution in [0, 0.1) is 0 Å². The molecule has 1 atom stereocenters. The number of thiol groups is 1. The van der Waals surface area contributed by atoms with E-state index in [1.807, 2.05) is 19.2 Å². The Hall–Kier alpha value is -0.0200. The Morgan fingerprint density at radius 1 is 1.60 bits per heavy atom. The molecule has 0 N–H and O–H groups in total. The maximum absolute atomic E-state index is 4.27. The second-order valence-corrected chi connectivity index (χ2v) is 3.80. The molecule has 10 heavy (non-hydrogen) atoms. The van der Waals surface area contributed by atoms with Gasteiger partial charge in [0.15, 0.2) is 0 Å². The van der Waals surface area contributed by atoms with Crippen LogP contribution >= 0.6 is 28.6 Å². The average Bonchev–Trinajstić information content (AvgIpc) is 1.88. The Labute approximate surface area is 74.4 Å². The minimum absolute atomic E-state index is 0.255. The Morgan fingerprint density at radius 2 is 2.30 bits per heavy atom. The van der Waals surface area contributed by atoms with E-state index in [9.17, 15) is 0 Å². The van der Waals surface area contributed by atoms with Gasteiger partial charge in [0.2, 0.25) is 0 Å². The summed E-state index contributed by atoms with van der Waals surface area (Å²) in [6, 6.07) is 2.02. The molecule has 0 aliphatic carbocycles. The van der Waals surface area contributed by atoms with Crippen LogP contribution < -0.4 is 0 Å². The lowest BCUT2D eigenvalue weighted by Crippen LogP contribution is -1.84. The molecule has 1 rings (SSSR count). The molecule has 0 spiro atoms. The largest absolute Gasteiger partial charge is 0.263 e. The molecule has 54 valence electrons. The van der Waals surface area contributed by atoms with Crippen molar-refractivity contribution >= 4 is 28.6 Å². The number of nitrogens with zero attached hydrogens (tertiary/aromatic N) is 1. The Kier molecular flexibility index (Phi) is 2.74. The molecule has 1 nitrogen and oxygen atoms in total. The normalized spacial score (nSPS) is 13.1.